The summed E-state index contributed by atoms with van der Waals surface area (Å²) in [5.74, 6) is -0.272. The molecule has 172 valence electrons. The summed E-state index contributed by atoms with van der Waals surface area (Å²) in [6, 6.07) is 19.2. The molecule has 1 aromatic heterocycles. The molecular weight excluding hydrogens is 533 g/mol. The van der Waals surface area contributed by atoms with Gasteiger partial charge in [0.1, 0.15) is 0 Å². The smallest absolute Gasteiger partial charge is 0.255 e. The lowest BCUT2D eigenvalue weighted by Gasteiger charge is -2.08. The van der Waals surface area contributed by atoms with Gasteiger partial charge in [-0.3, -0.25) is 9.59 Å². The molecule has 0 saturated carbocycles. The van der Waals surface area contributed by atoms with Crippen molar-refractivity contribution in [3.8, 4) is 11.3 Å². The van der Waals surface area contributed by atoms with Gasteiger partial charge in [0.25, 0.3) is 5.91 Å². The van der Waals surface area contributed by atoms with E-state index < -0.39 is 0 Å². The number of anilines is 2. The molecule has 10 heteroatoms. The molecule has 0 saturated heterocycles. The van der Waals surface area contributed by atoms with E-state index in [4.69, 9.17) is 34.8 Å². The summed E-state index contributed by atoms with van der Waals surface area (Å²) in [7, 11) is 0. The molecule has 5 nitrogen and oxygen atoms in total. The number of amides is 2. The van der Waals surface area contributed by atoms with E-state index in [1.165, 1.54) is 23.1 Å². The van der Waals surface area contributed by atoms with E-state index in [0.717, 1.165) is 10.5 Å². The van der Waals surface area contributed by atoms with E-state index in [1.807, 2.05) is 23.6 Å². The number of halogens is 3. The van der Waals surface area contributed by atoms with Crippen LogP contribution in [0.25, 0.3) is 11.3 Å². The van der Waals surface area contributed by atoms with E-state index in [0.29, 0.717) is 37.1 Å². The Hall–Kier alpha value is -2.55. The number of rotatable bonds is 7. The Morgan fingerprint density at radius 2 is 1.71 bits per heavy atom. The average molecular weight is 549 g/mol. The third-order valence-electron chi connectivity index (χ3n) is 4.51. The number of nitrogens with zero attached hydrogens (tertiary/aromatic N) is 1. The number of thioether (sulfide) groups is 1. The molecule has 0 aliphatic heterocycles. The number of benzene rings is 3. The Kier molecular flexibility index (Phi) is 8.13. The monoisotopic (exact) mass is 547 g/mol. The van der Waals surface area contributed by atoms with Crippen molar-refractivity contribution in [2.45, 2.75) is 4.90 Å². The third-order valence-corrected chi connectivity index (χ3v) is 7.04. The molecule has 0 aliphatic rings. The normalized spacial score (nSPS) is 10.7. The first kappa shape index (κ1) is 24.6. The fourth-order valence-corrected chi connectivity index (χ4v) is 5.13. The first-order valence-electron chi connectivity index (χ1n) is 9.88. The van der Waals surface area contributed by atoms with E-state index in [2.05, 4.69) is 15.6 Å². The van der Waals surface area contributed by atoms with Gasteiger partial charge in [0.15, 0.2) is 5.13 Å². The summed E-state index contributed by atoms with van der Waals surface area (Å²) in [5, 5.41) is 9.48. The number of hydrogen-bond donors (Lipinski definition) is 2. The minimum absolute atomic E-state index is 0.183. The molecule has 3 aromatic carbocycles. The van der Waals surface area contributed by atoms with Gasteiger partial charge in [0.2, 0.25) is 5.91 Å². The van der Waals surface area contributed by atoms with Crippen LogP contribution in [0.15, 0.2) is 77.0 Å². The van der Waals surface area contributed by atoms with Crippen molar-refractivity contribution in [3.63, 3.8) is 0 Å². The van der Waals surface area contributed by atoms with Crippen molar-refractivity contribution in [1.29, 1.82) is 0 Å². The van der Waals surface area contributed by atoms with Crippen LogP contribution in [-0.4, -0.2) is 22.6 Å². The minimum atomic E-state index is -0.261. The fourth-order valence-electron chi connectivity index (χ4n) is 2.95. The highest BCUT2D eigenvalue weighted by atomic mass is 35.5. The maximum Gasteiger partial charge on any atom is 0.255 e. The van der Waals surface area contributed by atoms with Crippen molar-refractivity contribution < 1.29 is 9.59 Å². The lowest BCUT2D eigenvalue weighted by Crippen LogP contribution is -2.14. The summed E-state index contributed by atoms with van der Waals surface area (Å²) >= 11 is 20.8. The fraction of sp³-hybridized carbons (Fsp3) is 0.0417. The molecular formula is C24H16Cl3N3O2S2. The van der Waals surface area contributed by atoms with E-state index >= 15 is 0 Å². The van der Waals surface area contributed by atoms with Gasteiger partial charge in [-0.05, 0) is 54.6 Å². The van der Waals surface area contributed by atoms with Gasteiger partial charge in [-0.15, -0.1) is 23.1 Å². The molecule has 0 unspecified atom stereocenters. The summed E-state index contributed by atoms with van der Waals surface area (Å²) < 4.78 is 0. The van der Waals surface area contributed by atoms with Crippen LogP contribution >= 0.6 is 57.9 Å². The van der Waals surface area contributed by atoms with Crippen molar-refractivity contribution in [1.82, 2.24) is 4.98 Å². The molecule has 4 rings (SSSR count). The van der Waals surface area contributed by atoms with Crippen LogP contribution in [0, 0.1) is 0 Å². The molecule has 34 heavy (non-hydrogen) atoms. The maximum absolute atomic E-state index is 12.4. The average Bonchev–Trinajstić information content (AvgIpc) is 3.26. The number of nitrogens with one attached hydrogen (secondary N) is 2. The standard InChI is InChI=1S/C24H16Cl3N3O2S2/c25-15-4-1-3-14(9-15)23(32)28-17-5-2-6-18(11-17)33-13-22(31)30-24-29-21(12-34-24)19-8-7-16(26)10-20(19)27/h1-12H,13H2,(H,28,32)(H,29,30,31). The van der Waals surface area contributed by atoms with Gasteiger partial charge >= 0.3 is 0 Å². The molecule has 0 spiro atoms. The highest BCUT2D eigenvalue weighted by molar-refractivity contribution is 8.00. The van der Waals surface area contributed by atoms with Gasteiger partial charge in [0.05, 0.1) is 16.5 Å². The van der Waals surface area contributed by atoms with Crippen molar-refractivity contribution >= 4 is 80.5 Å². The highest BCUT2D eigenvalue weighted by Gasteiger charge is 2.12. The molecule has 2 N–H and O–H groups in total. The first-order valence-corrected chi connectivity index (χ1v) is 12.9. The van der Waals surface area contributed by atoms with Gasteiger partial charge in [-0.2, -0.15) is 0 Å². The van der Waals surface area contributed by atoms with Crippen LogP contribution in [0.2, 0.25) is 15.1 Å². The van der Waals surface area contributed by atoms with Crippen LogP contribution in [0.3, 0.4) is 0 Å². The lowest BCUT2D eigenvalue weighted by molar-refractivity contribution is -0.113. The zero-order valence-electron chi connectivity index (χ0n) is 17.3. The molecule has 0 bridgehead atoms. The summed E-state index contributed by atoms with van der Waals surface area (Å²) in [6.07, 6.45) is 0. The number of aromatic nitrogens is 1. The van der Waals surface area contributed by atoms with Crippen LogP contribution in [0.1, 0.15) is 10.4 Å². The van der Waals surface area contributed by atoms with Crippen molar-refractivity contribution in [2.24, 2.45) is 0 Å². The van der Waals surface area contributed by atoms with E-state index in [1.54, 1.807) is 48.5 Å². The van der Waals surface area contributed by atoms with Crippen LogP contribution < -0.4 is 10.6 Å². The largest absolute Gasteiger partial charge is 0.322 e. The van der Waals surface area contributed by atoms with Crippen molar-refractivity contribution in [2.75, 3.05) is 16.4 Å². The maximum atomic E-state index is 12.4. The van der Waals surface area contributed by atoms with Gasteiger partial charge in [-0.25, -0.2) is 4.98 Å². The number of hydrogen-bond acceptors (Lipinski definition) is 5. The quantitative estimate of drug-likeness (QED) is 0.232. The second-order valence-electron chi connectivity index (χ2n) is 6.99. The SMILES string of the molecule is O=C(CSc1cccc(NC(=O)c2cccc(Cl)c2)c1)Nc1nc(-c2ccc(Cl)cc2Cl)cs1. The van der Waals surface area contributed by atoms with Gasteiger partial charge < -0.3 is 10.6 Å². The lowest BCUT2D eigenvalue weighted by atomic mass is 10.2. The molecule has 0 radical (unpaired) electrons. The Morgan fingerprint density at radius 3 is 2.50 bits per heavy atom. The molecule has 2 amide bonds. The predicted octanol–water partition coefficient (Wildman–Crippen LogP) is 7.75. The number of carbonyl (C=O) groups excluding carboxylic acids is 2. The molecule has 0 fully saturated rings. The summed E-state index contributed by atoms with van der Waals surface area (Å²) in [6.45, 7) is 0. The number of thiazole rings is 1. The van der Waals surface area contributed by atoms with E-state index in [-0.39, 0.29) is 17.6 Å². The summed E-state index contributed by atoms with van der Waals surface area (Å²) in [4.78, 5) is 30.1. The van der Waals surface area contributed by atoms with Crippen LogP contribution in [0.5, 0.6) is 0 Å². The Morgan fingerprint density at radius 1 is 0.912 bits per heavy atom. The molecule has 1 heterocycles. The summed E-state index contributed by atoms with van der Waals surface area (Å²) in [5.41, 5.74) is 2.50. The molecule has 0 aliphatic carbocycles. The zero-order valence-corrected chi connectivity index (χ0v) is 21.3. The highest BCUT2D eigenvalue weighted by Crippen LogP contribution is 2.32. The molecule has 4 aromatic rings. The van der Waals surface area contributed by atoms with Gasteiger partial charge in [0, 0.05) is 37.1 Å². The first-order chi connectivity index (χ1) is 16.4. The second kappa shape index (κ2) is 11.3. The van der Waals surface area contributed by atoms with Crippen molar-refractivity contribution in [3.05, 3.63) is 92.7 Å². The molecule has 0 atom stereocenters. The van der Waals surface area contributed by atoms with Crippen LogP contribution in [-0.2, 0) is 4.79 Å². The van der Waals surface area contributed by atoms with Gasteiger partial charge in [-0.1, -0.05) is 46.9 Å². The second-order valence-corrected chi connectivity index (χ2v) is 10.2. The Bertz CT molecular complexity index is 1360. The Labute approximate surface area is 219 Å². The van der Waals surface area contributed by atoms with Crippen LogP contribution in [0.4, 0.5) is 10.8 Å². The zero-order chi connectivity index (χ0) is 24.1. The Balaban J connectivity index is 1.33. The number of carbonyl (C=O) groups is 2. The predicted molar refractivity (Wildman–Crippen MR) is 143 cm³/mol. The minimum Gasteiger partial charge on any atom is -0.322 e. The van der Waals surface area contributed by atoms with E-state index in [9.17, 15) is 9.59 Å². The third kappa shape index (κ3) is 6.52. The topological polar surface area (TPSA) is 71.1 Å².